The number of hydrogen-bond acceptors (Lipinski definition) is 2. The van der Waals surface area contributed by atoms with Crippen LogP contribution in [0.2, 0.25) is 0 Å². The molecule has 156 valence electrons. The first-order chi connectivity index (χ1) is 13.6. The van der Waals surface area contributed by atoms with Crippen LogP contribution in [0.5, 0.6) is 0 Å². The Balaban J connectivity index is 1.63. The van der Waals surface area contributed by atoms with Gasteiger partial charge in [-0.05, 0) is 50.3 Å². The zero-order valence-electron chi connectivity index (χ0n) is 18.1. The molecule has 1 aliphatic rings. The van der Waals surface area contributed by atoms with Crippen molar-refractivity contribution in [1.29, 1.82) is 5.41 Å². The first-order valence-electron chi connectivity index (χ1n) is 11.6. The second-order valence-corrected chi connectivity index (χ2v) is 8.47. The quantitative estimate of drug-likeness (QED) is 0.295. The Hall–Kier alpha value is -1.64. The Bertz CT molecular complexity index is 593. The molecule has 0 aromatic heterocycles. The van der Waals surface area contributed by atoms with E-state index in [4.69, 9.17) is 5.41 Å². The van der Waals surface area contributed by atoms with E-state index in [0.717, 1.165) is 31.4 Å². The van der Waals surface area contributed by atoms with Crippen molar-refractivity contribution in [1.82, 2.24) is 4.90 Å². The molecule has 1 atom stereocenters. The van der Waals surface area contributed by atoms with Gasteiger partial charge < -0.3 is 10.3 Å². The van der Waals surface area contributed by atoms with Crippen molar-refractivity contribution in [2.24, 2.45) is 0 Å². The van der Waals surface area contributed by atoms with E-state index >= 15 is 0 Å². The summed E-state index contributed by atoms with van der Waals surface area (Å²) in [5.74, 6) is 0.0830. The lowest BCUT2D eigenvalue weighted by atomic mass is 10.0. The van der Waals surface area contributed by atoms with Crippen molar-refractivity contribution in [2.45, 2.75) is 103 Å². The minimum Gasteiger partial charge on any atom is -0.330 e. The van der Waals surface area contributed by atoms with E-state index < -0.39 is 0 Å². The van der Waals surface area contributed by atoms with Gasteiger partial charge in [-0.25, -0.2) is 0 Å². The number of rotatable bonds is 13. The maximum absolute atomic E-state index is 12.7. The van der Waals surface area contributed by atoms with Crippen LogP contribution in [0.1, 0.15) is 107 Å². The SMILES string of the molecule is CCCCCCCCCCCCc1ccc(C(=O)N2CCC[C@H]2C(C)=N)cc1. The third-order valence-electron chi connectivity index (χ3n) is 6.03. The Labute approximate surface area is 172 Å². The number of carbonyl (C=O) groups is 1. The van der Waals surface area contributed by atoms with Gasteiger partial charge in [0.1, 0.15) is 0 Å². The van der Waals surface area contributed by atoms with Crippen molar-refractivity contribution < 1.29 is 4.79 Å². The smallest absolute Gasteiger partial charge is 0.254 e. The maximum atomic E-state index is 12.7. The van der Waals surface area contributed by atoms with Gasteiger partial charge in [-0.2, -0.15) is 0 Å². The first-order valence-corrected chi connectivity index (χ1v) is 11.6. The summed E-state index contributed by atoms with van der Waals surface area (Å²) in [7, 11) is 0. The normalized spacial score (nSPS) is 16.5. The molecule has 2 rings (SSSR count). The highest BCUT2D eigenvalue weighted by Gasteiger charge is 2.30. The molecule has 0 radical (unpaired) electrons. The predicted molar refractivity (Wildman–Crippen MR) is 119 cm³/mol. The van der Waals surface area contributed by atoms with Crippen molar-refractivity contribution in [2.75, 3.05) is 6.54 Å². The van der Waals surface area contributed by atoms with Gasteiger partial charge in [0.15, 0.2) is 0 Å². The number of nitrogens with one attached hydrogen (secondary N) is 1. The van der Waals surface area contributed by atoms with Crippen LogP contribution in [-0.4, -0.2) is 29.1 Å². The molecule has 1 aromatic rings. The number of amides is 1. The minimum atomic E-state index is -0.00109. The Morgan fingerprint density at radius 1 is 0.964 bits per heavy atom. The number of unbranched alkanes of at least 4 members (excludes halogenated alkanes) is 9. The number of aryl methyl sites for hydroxylation is 1. The Morgan fingerprint density at radius 2 is 1.54 bits per heavy atom. The highest BCUT2D eigenvalue weighted by atomic mass is 16.2. The maximum Gasteiger partial charge on any atom is 0.254 e. The Kier molecular flexibility index (Phi) is 10.3. The number of likely N-dealkylation sites (tertiary alicyclic amines) is 1. The number of benzene rings is 1. The average molecular weight is 385 g/mol. The molecule has 1 aromatic carbocycles. The zero-order chi connectivity index (χ0) is 20.2. The van der Waals surface area contributed by atoms with E-state index in [1.165, 1.54) is 69.8 Å². The summed E-state index contributed by atoms with van der Waals surface area (Å²) in [6, 6.07) is 8.18. The predicted octanol–water partition coefficient (Wildman–Crippen LogP) is 6.79. The number of nitrogens with zero attached hydrogens (tertiary/aromatic N) is 1. The number of hydrogen-bond donors (Lipinski definition) is 1. The second kappa shape index (κ2) is 12.7. The summed E-state index contributed by atoms with van der Waals surface area (Å²) in [6.45, 7) is 4.86. The van der Waals surface area contributed by atoms with Crippen LogP contribution < -0.4 is 0 Å². The minimum absolute atomic E-state index is 0.00109. The third-order valence-corrected chi connectivity index (χ3v) is 6.03. The highest BCUT2D eigenvalue weighted by Crippen LogP contribution is 2.21. The lowest BCUT2D eigenvalue weighted by Crippen LogP contribution is -2.39. The van der Waals surface area contributed by atoms with Gasteiger partial charge in [0.25, 0.3) is 5.91 Å². The van der Waals surface area contributed by atoms with E-state index in [1.807, 2.05) is 24.0 Å². The molecule has 1 fully saturated rings. The topological polar surface area (TPSA) is 44.2 Å². The summed E-state index contributed by atoms with van der Waals surface area (Å²) >= 11 is 0. The fourth-order valence-corrected chi connectivity index (χ4v) is 4.26. The van der Waals surface area contributed by atoms with Crippen LogP contribution in [-0.2, 0) is 6.42 Å². The van der Waals surface area contributed by atoms with E-state index in [9.17, 15) is 4.79 Å². The highest BCUT2D eigenvalue weighted by molar-refractivity contribution is 5.98. The summed E-state index contributed by atoms with van der Waals surface area (Å²) in [4.78, 5) is 14.6. The van der Waals surface area contributed by atoms with E-state index in [2.05, 4.69) is 19.1 Å². The molecule has 1 amide bonds. The van der Waals surface area contributed by atoms with E-state index in [0.29, 0.717) is 5.71 Å². The fourth-order valence-electron chi connectivity index (χ4n) is 4.26. The molecule has 3 heteroatoms. The van der Waals surface area contributed by atoms with Crippen molar-refractivity contribution in [3.63, 3.8) is 0 Å². The largest absolute Gasteiger partial charge is 0.330 e. The standard InChI is InChI=1S/C25H40N2O/c1-3-4-5-6-7-8-9-10-11-12-14-22-16-18-23(19-17-22)25(28)27-20-13-15-24(27)21(2)26/h16-19,24,26H,3-15,20H2,1-2H3/t24-/m0/s1. The van der Waals surface area contributed by atoms with Gasteiger partial charge in [0.05, 0.1) is 6.04 Å². The van der Waals surface area contributed by atoms with Gasteiger partial charge in [0.2, 0.25) is 0 Å². The van der Waals surface area contributed by atoms with E-state index in [1.54, 1.807) is 0 Å². The Morgan fingerprint density at radius 3 is 2.11 bits per heavy atom. The molecule has 1 saturated heterocycles. The fraction of sp³-hybridized carbons (Fsp3) is 0.680. The summed E-state index contributed by atoms with van der Waals surface area (Å²) in [5, 5.41) is 7.89. The molecule has 0 saturated carbocycles. The lowest BCUT2D eigenvalue weighted by Gasteiger charge is -2.24. The first kappa shape index (κ1) is 22.6. The molecular formula is C25H40N2O. The summed E-state index contributed by atoms with van der Waals surface area (Å²) < 4.78 is 0. The van der Waals surface area contributed by atoms with Gasteiger partial charge in [-0.15, -0.1) is 0 Å². The molecule has 1 N–H and O–H groups in total. The second-order valence-electron chi connectivity index (χ2n) is 8.47. The summed E-state index contributed by atoms with van der Waals surface area (Å²) in [6.07, 6.45) is 16.7. The van der Waals surface area contributed by atoms with Gasteiger partial charge in [-0.1, -0.05) is 76.8 Å². The molecule has 0 aliphatic carbocycles. The third kappa shape index (κ3) is 7.41. The van der Waals surface area contributed by atoms with Crippen LogP contribution in [0.25, 0.3) is 0 Å². The van der Waals surface area contributed by atoms with Crippen molar-refractivity contribution in [3.8, 4) is 0 Å². The van der Waals surface area contributed by atoms with E-state index in [-0.39, 0.29) is 11.9 Å². The molecule has 0 spiro atoms. The zero-order valence-corrected chi connectivity index (χ0v) is 18.1. The molecule has 0 bridgehead atoms. The molecule has 1 heterocycles. The average Bonchev–Trinajstić information content (AvgIpc) is 3.19. The van der Waals surface area contributed by atoms with Crippen molar-refractivity contribution in [3.05, 3.63) is 35.4 Å². The molecule has 3 nitrogen and oxygen atoms in total. The van der Waals surface area contributed by atoms with Crippen LogP contribution in [0, 0.1) is 5.41 Å². The van der Waals surface area contributed by atoms with Crippen LogP contribution in [0.4, 0.5) is 0 Å². The molecular weight excluding hydrogens is 344 g/mol. The number of carbonyl (C=O) groups excluding carboxylic acids is 1. The molecule has 1 aliphatic heterocycles. The van der Waals surface area contributed by atoms with Crippen LogP contribution in [0.15, 0.2) is 24.3 Å². The van der Waals surface area contributed by atoms with Gasteiger partial charge in [0, 0.05) is 17.8 Å². The van der Waals surface area contributed by atoms with Crippen LogP contribution in [0.3, 0.4) is 0 Å². The summed E-state index contributed by atoms with van der Waals surface area (Å²) in [5.41, 5.74) is 2.70. The van der Waals surface area contributed by atoms with Gasteiger partial charge in [-0.3, -0.25) is 4.79 Å². The van der Waals surface area contributed by atoms with Crippen molar-refractivity contribution >= 4 is 11.6 Å². The lowest BCUT2D eigenvalue weighted by molar-refractivity contribution is 0.0769. The molecule has 28 heavy (non-hydrogen) atoms. The van der Waals surface area contributed by atoms with Crippen LogP contribution >= 0.6 is 0 Å². The van der Waals surface area contributed by atoms with Gasteiger partial charge >= 0.3 is 0 Å². The monoisotopic (exact) mass is 384 g/mol. The molecule has 0 unspecified atom stereocenters.